The highest BCUT2D eigenvalue weighted by Gasteiger charge is 2.11. The SMILES string of the molecule is Cc1ccc(OCC(=O)NNC(=S)NC(=O)c2ccccc2C)c(C)c1. The molecular formula is C19H21N3O3S. The van der Waals surface area contributed by atoms with E-state index >= 15 is 0 Å². The fraction of sp³-hybridized carbons (Fsp3) is 0.211. The van der Waals surface area contributed by atoms with Gasteiger partial charge in [-0.15, -0.1) is 0 Å². The van der Waals surface area contributed by atoms with Gasteiger partial charge in [0.1, 0.15) is 5.75 Å². The van der Waals surface area contributed by atoms with Gasteiger partial charge in [-0.05, 0) is 56.2 Å². The fourth-order valence-corrected chi connectivity index (χ4v) is 2.44. The maximum absolute atomic E-state index is 12.1. The average Bonchev–Trinajstić information content (AvgIpc) is 2.59. The molecule has 0 unspecified atom stereocenters. The Bertz CT molecular complexity index is 837. The van der Waals surface area contributed by atoms with Crippen LogP contribution in [0.25, 0.3) is 0 Å². The van der Waals surface area contributed by atoms with Crippen molar-refractivity contribution in [1.82, 2.24) is 16.2 Å². The summed E-state index contributed by atoms with van der Waals surface area (Å²) < 4.78 is 5.47. The Kier molecular flexibility index (Phi) is 6.68. The lowest BCUT2D eigenvalue weighted by atomic mass is 10.1. The van der Waals surface area contributed by atoms with Gasteiger partial charge < -0.3 is 4.74 Å². The van der Waals surface area contributed by atoms with Gasteiger partial charge in [0, 0.05) is 5.56 Å². The molecule has 7 heteroatoms. The predicted molar refractivity (Wildman–Crippen MR) is 104 cm³/mol. The molecule has 0 spiro atoms. The predicted octanol–water partition coefficient (Wildman–Crippen LogP) is 2.33. The summed E-state index contributed by atoms with van der Waals surface area (Å²) >= 11 is 5.01. The lowest BCUT2D eigenvalue weighted by Crippen LogP contribution is -2.49. The number of rotatable bonds is 4. The molecule has 2 rings (SSSR count). The van der Waals surface area contributed by atoms with Crippen molar-refractivity contribution in [2.75, 3.05) is 6.61 Å². The topological polar surface area (TPSA) is 79.5 Å². The zero-order valence-corrected chi connectivity index (χ0v) is 15.7. The van der Waals surface area contributed by atoms with Gasteiger partial charge in [0.15, 0.2) is 11.7 Å². The first-order chi connectivity index (χ1) is 12.4. The number of hydrogen-bond donors (Lipinski definition) is 3. The second-order valence-corrected chi connectivity index (χ2v) is 6.24. The van der Waals surface area contributed by atoms with Crippen LogP contribution in [0.2, 0.25) is 0 Å². The number of hydrogen-bond acceptors (Lipinski definition) is 4. The molecule has 0 bridgehead atoms. The molecule has 0 fully saturated rings. The minimum atomic E-state index is -0.419. The standard InChI is InChI=1S/C19H21N3O3S/c1-12-8-9-16(14(3)10-12)25-11-17(23)21-22-19(26)20-18(24)15-7-5-4-6-13(15)2/h4-10H,11H2,1-3H3,(H,21,23)(H2,20,22,24,26). The lowest BCUT2D eigenvalue weighted by Gasteiger charge is -2.13. The van der Waals surface area contributed by atoms with Gasteiger partial charge in [-0.3, -0.25) is 25.8 Å². The van der Waals surface area contributed by atoms with E-state index in [1.807, 2.05) is 51.1 Å². The molecule has 2 aromatic rings. The highest BCUT2D eigenvalue weighted by Crippen LogP contribution is 2.18. The highest BCUT2D eigenvalue weighted by atomic mass is 32.1. The number of thiocarbonyl (C=S) groups is 1. The van der Waals surface area contributed by atoms with Crippen molar-refractivity contribution < 1.29 is 14.3 Å². The summed E-state index contributed by atoms with van der Waals surface area (Å²) in [5, 5.41) is 2.51. The van der Waals surface area contributed by atoms with E-state index in [4.69, 9.17) is 17.0 Å². The van der Waals surface area contributed by atoms with Crippen LogP contribution >= 0.6 is 12.2 Å². The first kappa shape index (κ1) is 19.4. The second kappa shape index (κ2) is 8.96. The van der Waals surface area contributed by atoms with Crippen molar-refractivity contribution in [3.63, 3.8) is 0 Å². The van der Waals surface area contributed by atoms with Gasteiger partial charge in [0.05, 0.1) is 0 Å². The smallest absolute Gasteiger partial charge is 0.276 e. The Morgan fingerprint density at radius 3 is 2.42 bits per heavy atom. The maximum Gasteiger partial charge on any atom is 0.276 e. The van der Waals surface area contributed by atoms with Crippen molar-refractivity contribution >= 4 is 29.1 Å². The number of amides is 2. The van der Waals surface area contributed by atoms with E-state index in [-0.39, 0.29) is 17.6 Å². The molecule has 2 amide bonds. The third-order valence-electron chi connectivity index (χ3n) is 3.62. The molecule has 0 saturated carbocycles. The third-order valence-corrected chi connectivity index (χ3v) is 3.83. The third kappa shape index (κ3) is 5.56. The van der Waals surface area contributed by atoms with Gasteiger partial charge in [0.2, 0.25) is 0 Å². The Labute approximate surface area is 157 Å². The number of nitrogens with one attached hydrogen (secondary N) is 3. The summed E-state index contributed by atoms with van der Waals surface area (Å²) in [6.07, 6.45) is 0. The van der Waals surface area contributed by atoms with E-state index in [2.05, 4.69) is 16.2 Å². The summed E-state index contributed by atoms with van der Waals surface area (Å²) in [7, 11) is 0. The first-order valence-corrected chi connectivity index (χ1v) is 8.43. The monoisotopic (exact) mass is 371 g/mol. The quantitative estimate of drug-likeness (QED) is 0.568. The number of ether oxygens (including phenoxy) is 1. The van der Waals surface area contributed by atoms with Gasteiger partial charge in [-0.25, -0.2) is 0 Å². The molecule has 0 saturated heterocycles. The molecule has 3 N–H and O–H groups in total. The number of carbonyl (C=O) groups is 2. The molecule has 0 radical (unpaired) electrons. The summed E-state index contributed by atoms with van der Waals surface area (Å²) in [6.45, 7) is 5.55. The van der Waals surface area contributed by atoms with Gasteiger partial charge >= 0.3 is 0 Å². The minimum absolute atomic E-state index is 0.00174. The number of hydrazine groups is 1. The minimum Gasteiger partial charge on any atom is -0.483 e. The van der Waals surface area contributed by atoms with E-state index in [1.165, 1.54) is 0 Å². The Balaban J connectivity index is 1.77. The van der Waals surface area contributed by atoms with Crippen molar-refractivity contribution in [3.8, 4) is 5.75 Å². The van der Waals surface area contributed by atoms with Crippen LogP contribution in [-0.4, -0.2) is 23.5 Å². The van der Waals surface area contributed by atoms with E-state index < -0.39 is 5.91 Å². The lowest BCUT2D eigenvalue weighted by molar-refractivity contribution is -0.123. The van der Waals surface area contributed by atoms with E-state index in [0.717, 1.165) is 16.7 Å². The molecule has 2 aromatic carbocycles. The molecule has 136 valence electrons. The molecule has 0 aliphatic rings. The van der Waals surface area contributed by atoms with Crippen molar-refractivity contribution in [2.45, 2.75) is 20.8 Å². The van der Waals surface area contributed by atoms with Crippen LogP contribution < -0.4 is 20.9 Å². The van der Waals surface area contributed by atoms with Crippen molar-refractivity contribution in [2.24, 2.45) is 0 Å². The number of benzene rings is 2. The van der Waals surface area contributed by atoms with Crippen molar-refractivity contribution in [3.05, 3.63) is 64.7 Å². The summed E-state index contributed by atoms with van der Waals surface area (Å²) in [4.78, 5) is 24.0. The highest BCUT2D eigenvalue weighted by molar-refractivity contribution is 7.80. The molecular weight excluding hydrogens is 350 g/mol. The van der Waals surface area contributed by atoms with Crippen LogP contribution in [0, 0.1) is 20.8 Å². The van der Waals surface area contributed by atoms with Crippen LogP contribution in [0.15, 0.2) is 42.5 Å². The molecule has 26 heavy (non-hydrogen) atoms. The van der Waals surface area contributed by atoms with Gasteiger partial charge in [0.25, 0.3) is 11.8 Å². The molecule has 0 aliphatic carbocycles. The fourth-order valence-electron chi connectivity index (χ4n) is 2.30. The van der Waals surface area contributed by atoms with Crippen LogP contribution in [-0.2, 0) is 4.79 Å². The maximum atomic E-state index is 12.1. The number of carbonyl (C=O) groups excluding carboxylic acids is 2. The van der Waals surface area contributed by atoms with E-state index in [1.54, 1.807) is 12.1 Å². The normalized spacial score (nSPS) is 9.96. The van der Waals surface area contributed by atoms with Crippen LogP contribution in [0.5, 0.6) is 5.75 Å². The molecule has 0 heterocycles. The van der Waals surface area contributed by atoms with E-state index in [0.29, 0.717) is 11.3 Å². The zero-order chi connectivity index (χ0) is 19.1. The van der Waals surface area contributed by atoms with Crippen LogP contribution in [0.3, 0.4) is 0 Å². The summed E-state index contributed by atoms with van der Waals surface area (Å²) in [6, 6.07) is 12.8. The van der Waals surface area contributed by atoms with Gasteiger partial charge in [-0.1, -0.05) is 35.9 Å². The largest absolute Gasteiger partial charge is 0.483 e. The Hall–Kier alpha value is -2.93. The van der Waals surface area contributed by atoms with Crippen LogP contribution in [0.4, 0.5) is 0 Å². The Morgan fingerprint density at radius 2 is 1.73 bits per heavy atom. The zero-order valence-electron chi connectivity index (χ0n) is 14.9. The molecule has 6 nitrogen and oxygen atoms in total. The average molecular weight is 371 g/mol. The molecule has 0 atom stereocenters. The summed E-state index contributed by atoms with van der Waals surface area (Å²) in [5.41, 5.74) is 8.29. The molecule has 0 aliphatic heterocycles. The molecule has 0 aromatic heterocycles. The number of aryl methyl sites for hydroxylation is 3. The summed E-state index contributed by atoms with van der Waals surface area (Å²) in [5.74, 6) is -0.125. The van der Waals surface area contributed by atoms with E-state index in [9.17, 15) is 9.59 Å². The van der Waals surface area contributed by atoms with Crippen LogP contribution in [0.1, 0.15) is 27.0 Å². The first-order valence-electron chi connectivity index (χ1n) is 8.02. The van der Waals surface area contributed by atoms with Gasteiger partial charge in [-0.2, -0.15) is 0 Å². The van der Waals surface area contributed by atoms with Crippen molar-refractivity contribution in [1.29, 1.82) is 0 Å². The second-order valence-electron chi connectivity index (χ2n) is 5.83. The Morgan fingerprint density at radius 1 is 1.00 bits per heavy atom.